The predicted molar refractivity (Wildman–Crippen MR) is 90.3 cm³/mol. The Hall–Kier alpha value is -1.06. The first-order valence-electron chi connectivity index (χ1n) is 8.87. The third kappa shape index (κ3) is 2.35. The van der Waals surface area contributed by atoms with Gasteiger partial charge in [0.25, 0.3) is 0 Å². The van der Waals surface area contributed by atoms with Crippen LogP contribution in [0.4, 0.5) is 5.69 Å². The van der Waals surface area contributed by atoms with Crippen molar-refractivity contribution in [2.24, 2.45) is 11.8 Å². The lowest BCUT2D eigenvalue weighted by atomic mass is 9.74. The maximum absolute atomic E-state index is 9.85. The van der Waals surface area contributed by atoms with E-state index in [1.807, 2.05) is 0 Å². The number of likely N-dealkylation sites (tertiary alicyclic amines) is 1. The first-order valence-corrected chi connectivity index (χ1v) is 8.87. The molecule has 0 aromatic heterocycles. The summed E-state index contributed by atoms with van der Waals surface area (Å²) in [5.74, 6) is 1.36. The Bertz CT molecular complexity index is 550. The molecule has 120 valence electrons. The summed E-state index contributed by atoms with van der Waals surface area (Å²) in [6.45, 7) is 9.16. The molecule has 3 aliphatic rings. The zero-order valence-electron chi connectivity index (χ0n) is 13.8. The van der Waals surface area contributed by atoms with Gasteiger partial charge in [0.2, 0.25) is 0 Å². The van der Waals surface area contributed by atoms with Crippen LogP contribution in [0.3, 0.4) is 0 Å². The van der Waals surface area contributed by atoms with E-state index in [9.17, 15) is 5.11 Å². The zero-order chi connectivity index (χ0) is 15.3. The molecule has 3 atom stereocenters. The number of fused-ring (bicyclic) bond motifs is 1. The molecule has 22 heavy (non-hydrogen) atoms. The molecule has 2 saturated heterocycles. The topological polar surface area (TPSA) is 26.7 Å². The van der Waals surface area contributed by atoms with E-state index in [0.717, 1.165) is 24.9 Å². The summed E-state index contributed by atoms with van der Waals surface area (Å²) in [6.07, 6.45) is 3.57. The van der Waals surface area contributed by atoms with Crippen LogP contribution in [0.1, 0.15) is 30.4 Å². The van der Waals surface area contributed by atoms with Gasteiger partial charge < -0.3 is 10.0 Å². The molecule has 1 saturated carbocycles. The Morgan fingerprint density at radius 2 is 1.86 bits per heavy atom. The number of aliphatic hydroxyl groups is 1. The smallest absolute Gasteiger partial charge is 0.0587 e. The largest absolute Gasteiger partial charge is 0.393 e. The minimum Gasteiger partial charge on any atom is -0.393 e. The first-order chi connectivity index (χ1) is 10.6. The Kier molecular flexibility index (Phi) is 3.66. The molecular weight excluding hydrogens is 272 g/mol. The highest BCUT2D eigenvalue weighted by Gasteiger charge is 2.47. The highest BCUT2D eigenvalue weighted by molar-refractivity contribution is 5.56. The third-order valence-corrected chi connectivity index (χ3v) is 6.46. The minimum atomic E-state index is -0.00923. The number of aliphatic hydroxyl groups excluding tert-OH is 1. The average molecular weight is 300 g/mol. The van der Waals surface area contributed by atoms with Gasteiger partial charge in [-0.2, -0.15) is 0 Å². The van der Waals surface area contributed by atoms with Crippen molar-refractivity contribution in [3.63, 3.8) is 0 Å². The van der Waals surface area contributed by atoms with Crippen molar-refractivity contribution < 1.29 is 5.11 Å². The molecular formula is C19H28N2O. The summed E-state index contributed by atoms with van der Waals surface area (Å²) in [6, 6.07) is 7.40. The molecule has 3 nitrogen and oxygen atoms in total. The van der Waals surface area contributed by atoms with E-state index in [1.165, 1.54) is 49.3 Å². The van der Waals surface area contributed by atoms with Crippen LogP contribution >= 0.6 is 0 Å². The summed E-state index contributed by atoms with van der Waals surface area (Å²) >= 11 is 0. The summed E-state index contributed by atoms with van der Waals surface area (Å²) in [7, 11) is 0. The van der Waals surface area contributed by atoms with Gasteiger partial charge in [-0.1, -0.05) is 12.1 Å². The van der Waals surface area contributed by atoms with Crippen LogP contribution in [0.15, 0.2) is 18.2 Å². The molecule has 0 radical (unpaired) electrons. The molecule has 1 aliphatic carbocycles. The maximum atomic E-state index is 9.85. The maximum Gasteiger partial charge on any atom is 0.0587 e. The van der Waals surface area contributed by atoms with Crippen LogP contribution in [-0.4, -0.2) is 48.3 Å². The minimum absolute atomic E-state index is 0.00923. The fourth-order valence-electron chi connectivity index (χ4n) is 4.75. The quantitative estimate of drug-likeness (QED) is 0.909. The van der Waals surface area contributed by atoms with Gasteiger partial charge in [-0.05, 0) is 56.2 Å². The van der Waals surface area contributed by atoms with Crippen molar-refractivity contribution in [3.05, 3.63) is 29.3 Å². The van der Waals surface area contributed by atoms with Crippen molar-refractivity contribution in [2.45, 2.75) is 45.3 Å². The molecule has 2 aliphatic heterocycles. The second-order valence-corrected chi connectivity index (χ2v) is 7.62. The predicted octanol–water partition coefficient (Wildman–Crippen LogP) is 2.58. The highest BCUT2D eigenvalue weighted by atomic mass is 16.3. The van der Waals surface area contributed by atoms with E-state index in [4.69, 9.17) is 0 Å². The average Bonchev–Trinajstić information content (AvgIpc) is 2.87. The summed E-state index contributed by atoms with van der Waals surface area (Å²) in [5.41, 5.74) is 4.25. The Labute approximate surface area is 133 Å². The molecule has 0 amide bonds. The summed E-state index contributed by atoms with van der Waals surface area (Å²) in [5, 5.41) is 9.85. The molecule has 0 unspecified atom stereocenters. The van der Waals surface area contributed by atoms with Crippen LogP contribution in [0.2, 0.25) is 0 Å². The molecule has 3 heteroatoms. The summed E-state index contributed by atoms with van der Waals surface area (Å²) < 4.78 is 0. The molecule has 0 bridgehead atoms. The summed E-state index contributed by atoms with van der Waals surface area (Å²) in [4.78, 5) is 5.24. The van der Waals surface area contributed by atoms with Gasteiger partial charge in [0.15, 0.2) is 0 Å². The molecule has 1 aromatic carbocycles. The number of hydrogen-bond donors (Lipinski definition) is 1. The van der Waals surface area contributed by atoms with Gasteiger partial charge >= 0.3 is 0 Å². The second-order valence-electron chi connectivity index (χ2n) is 7.62. The fraction of sp³-hybridized carbons (Fsp3) is 0.684. The van der Waals surface area contributed by atoms with E-state index < -0.39 is 0 Å². The van der Waals surface area contributed by atoms with Crippen molar-refractivity contribution in [3.8, 4) is 0 Å². The molecule has 1 N–H and O–H groups in total. The van der Waals surface area contributed by atoms with E-state index in [2.05, 4.69) is 41.8 Å². The van der Waals surface area contributed by atoms with Gasteiger partial charge in [-0.15, -0.1) is 0 Å². The van der Waals surface area contributed by atoms with Gasteiger partial charge in [0, 0.05) is 43.8 Å². The van der Waals surface area contributed by atoms with Crippen LogP contribution in [0.5, 0.6) is 0 Å². The zero-order valence-corrected chi connectivity index (χ0v) is 13.8. The fourth-order valence-corrected chi connectivity index (χ4v) is 4.75. The highest BCUT2D eigenvalue weighted by Crippen LogP contribution is 2.42. The van der Waals surface area contributed by atoms with Crippen molar-refractivity contribution in [2.75, 3.05) is 31.1 Å². The molecule has 4 rings (SSSR count). The first kappa shape index (κ1) is 14.5. The number of rotatable bonds is 2. The Morgan fingerprint density at radius 1 is 1.09 bits per heavy atom. The lowest BCUT2D eigenvalue weighted by Crippen LogP contribution is -2.44. The number of piperidine rings is 1. The number of benzene rings is 1. The monoisotopic (exact) mass is 300 g/mol. The number of aryl methyl sites for hydroxylation is 1. The van der Waals surface area contributed by atoms with Crippen LogP contribution in [-0.2, 0) is 0 Å². The number of anilines is 1. The molecule has 3 fully saturated rings. The van der Waals surface area contributed by atoms with Crippen LogP contribution < -0.4 is 4.90 Å². The SMILES string of the molecule is Cc1cccc(N2CCC(N3C[C@H]4C[C@H](O)[C@H]4C3)CC2)c1C. The molecule has 1 aromatic rings. The van der Waals surface area contributed by atoms with Crippen molar-refractivity contribution in [1.82, 2.24) is 4.90 Å². The van der Waals surface area contributed by atoms with E-state index in [1.54, 1.807) is 0 Å². The molecule has 0 spiro atoms. The van der Waals surface area contributed by atoms with Crippen molar-refractivity contribution in [1.29, 1.82) is 0 Å². The van der Waals surface area contributed by atoms with Gasteiger partial charge in [-0.25, -0.2) is 0 Å². The van der Waals surface area contributed by atoms with E-state index in [0.29, 0.717) is 5.92 Å². The Morgan fingerprint density at radius 3 is 2.55 bits per heavy atom. The number of nitrogens with zero attached hydrogens (tertiary/aromatic N) is 2. The van der Waals surface area contributed by atoms with E-state index >= 15 is 0 Å². The second kappa shape index (κ2) is 5.54. The van der Waals surface area contributed by atoms with Gasteiger partial charge in [0.1, 0.15) is 0 Å². The lowest BCUT2D eigenvalue weighted by Gasteiger charge is -2.38. The Balaban J connectivity index is 1.38. The van der Waals surface area contributed by atoms with Crippen molar-refractivity contribution >= 4 is 5.69 Å². The third-order valence-electron chi connectivity index (χ3n) is 6.46. The van der Waals surface area contributed by atoms with Crippen LogP contribution in [0, 0.1) is 25.7 Å². The van der Waals surface area contributed by atoms with Gasteiger partial charge in [-0.3, -0.25) is 4.90 Å². The van der Waals surface area contributed by atoms with Crippen LogP contribution in [0.25, 0.3) is 0 Å². The molecule has 2 heterocycles. The number of hydrogen-bond acceptors (Lipinski definition) is 3. The normalized spacial score (nSPS) is 32.9. The van der Waals surface area contributed by atoms with E-state index in [-0.39, 0.29) is 6.10 Å². The standard InChI is InChI=1S/C19H28N2O/c1-13-4-3-5-18(14(13)2)20-8-6-16(7-9-20)21-11-15-10-19(22)17(15)12-21/h3-5,15-17,19,22H,6-12H2,1-2H3/t15-,17+,19+/m1/s1. The van der Waals surface area contributed by atoms with Gasteiger partial charge in [0.05, 0.1) is 6.10 Å². The lowest BCUT2D eigenvalue weighted by molar-refractivity contribution is -0.00448.